The zero-order chi connectivity index (χ0) is 14.4. The SMILES string of the molecule is Cc1cc(N2CC(S(N)(=O)=O)CC2=O)c(F)cc1Br. The first-order valence-electron chi connectivity index (χ1n) is 5.48. The van der Waals surface area contributed by atoms with Crippen molar-refractivity contribution in [2.24, 2.45) is 5.14 Å². The summed E-state index contributed by atoms with van der Waals surface area (Å²) in [6.07, 6.45) is -0.215. The number of aryl methyl sites for hydroxylation is 1. The van der Waals surface area contributed by atoms with Gasteiger partial charge in [-0.1, -0.05) is 15.9 Å². The van der Waals surface area contributed by atoms with Crippen molar-refractivity contribution < 1.29 is 17.6 Å². The maximum absolute atomic E-state index is 13.9. The third kappa shape index (κ3) is 2.80. The third-order valence-electron chi connectivity index (χ3n) is 3.07. The van der Waals surface area contributed by atoms with Crippen LogP contribution in [0, 0.1) is 12.7 Å². The zero-order valence-corrected chi connectivity index (χ0v) is 12.5. The first-order valence-corrected chi connectivity index (χ1v) is 7.88. The van der Waals surface area contributed by atoms with Crippen LogP contribution in [-0.4, -0.2) is 26.1 Å². The van der Waals surface area contributed by atoms with Gasteiger partial charge in [-0.3, -0.25) is 4.79 Å². The van der Waals surface area contributed by atoms with Crippen molar-refractivity contribution in [3.63, 3.8) is 0 Å². The second-order valence-corrected chi connectivity index (χ2v) is 7.17. The number of carbonyl (C=O) groups excluding carboxylic acids is 1. The van der Waals surface area contributed by atoms with Crippen molar-refractivity contribution in [1.82, 2.24) is 0 Å². The van der Waals surface area contributed by atoms with Crippen molar-refractivity contribution in [2.75, 3.05) is 11.4 Å². The summed E-state index contributed by atoms with van der Waals surface area (Å²) in [5, 5.41) is 4.04. The second kappa shape index (κ2) is 4.84. The quantitative estimate of drug-likeness (QED) is 0.872. The highest BCUT2D eigenvalue weighted by molar-refractivity contribution is 9.10. The van der Waals surface area contributed by atoms with E-state index in [4.69, 9.17) is 5.14 Å². The molecule has 0 aromatic heterocycles. The molecule has 2 N–H and O–H groups in total. The molecule has 0 spiro atoms. The Hall–Kier alpha value is -0.990. The van der Waals surface area contributed by atoms with Gasteiger partial charge in [0.15, 0.2) is 0 Å². The van der Waals surface area contributed by atoms with E-state index in [2.05, 4.69) is 15.9 Å². The molecule has 19 heavy (non-hydrogen) atoms. The normalized spacial score (nSPS) is 20.1. The van der Waals surface area contributed by atoms with Gasteiger partial charge in [0.1, 0.15) is 11.1 Å². The number of sulfonamides is 1. The predicted molar refractivity (Wildman–Crippen MR) is 72.7 cm³/mol. The number of benzene rings is 1. The number of nitrogens with two attached hydrogens (primary N) is 1. The van der Waals surface area contributed by atoms with Crippen LogP contribution < -0.4 is 10.0 Å². The molecule has 104 valence electrons. The van der Waals surface area contributed by atoms with Crippen LogP contribution in [0.3, 0.4) is 0 Å². The van der Waals surface area contributed by atoms with E-state index in [-0.39, 0.29) is 18.7 Å². The smallest absolute Gasteiger partial charge is 0.228 e. The van der Waals surface area contributed by atoms with E-state index in [0.29, 0.717) is 4.47 Å². The highest BCUT2D eigenvalue weighted by atomic mass is 79.9. The molecule has 1 heterocycles. The summed E-state index contributed by atoms with van der Waals surface area (Å²) in [5.41, 5.74) is 0.833. The zero-order valence-electron chi connectivity index (χ0n) is 10.1. The van der Waals surface area contributed by atoms with Crippen molar-refractivity contribution >= 4 is 37.5 Å². The maximum Gasteiger partial charge on any atom is 0.228 e. The minimum absolute atomic E-state index is 0.0804. The Morgan fingerprint density at radius 3 is 2.63 bits per heavy atom. The monoisotopic (exact) mass is 350 g/mol. The summed E-state index contributed by atoms with van der Waals surface area (Å²) < 4.78 is 37.0. The lowest BCUT2D eigenvalue weighted by Gasteiger charge is -2.18. The highest BCUT2D eigenvalue weighted by Gasteiger charge is 2.38. The average molecular weight is 351 g/mol. The molecular weight excluding hydrogens is 339 g/mol. The van der Waals surface area contributed by atoms with Gasteiger partial charge in [0, 0.05) is 17.4 Å². The van der Waals surface area contributed by atoms with Gasteiger partial charge in [0.2, 0.25) is 15.9 Å². The molecule has 1 amide bonds. The number of nitrogens with zero attached hydrogens (tertiary/aromatic N) is 1. The van der Waals surface area contributed by atoms with Crippen LogP contribution in [0.15, 0.2) is 16.6 Å². The summed E-state index contributed by atoms with van der Waals surface area (Å²) in [6.45, 7) is 1.64. The van der Waals surface area contributed by atoms with Crippen molar-refractivity contribution in [3.05, 3.63) is 28.0 Å². The molecule has 1 unspecified atom stereocenters. The number of hydrogen-bond donors (Lipinski definition) is 1. The first kappa shape index (κ1) is 14.4. The summed E-state index contributed by atoms with van der Waals surface area (Å²) in [6, 6.07) is 2.76. The van der Waals surface area contributed by atoms with Crippen LogP contribution in [0.1, 0.15) is 12.0 Å². The highest BCUT2D eigenvalue weighted by Crippen LogP contribution is 2.30. The summed E-state index contributed by atoms with van der Waals surface area (Å²) >= 11 is 3.19. The molecule has 8 heteroatoms. The second-order valence-electron chi connectivity index (χ2n) is 4.47. The molecular formula is C11H12BrFN2O3S. The van der Waals surface area contributed by atoms with Gasteiger partial charge in [0.25, 0.3) is 0 Å². The number of halogens is 2. The van der Waals surface area contributed by atoms with E-state index < -0.39 is 27.0 Å². The van der Waals surface area contributed by atoms with Crippen LogP contribution in [0.2, 0.25) is 0 Å². The number of rotatable bonds is 2. The lowest BCUT2D eigenvalue weighted by Crippen LogP contribution is -2.32. The standard InChI is InChI=1S/C11H12BrFN2O3S/c1-6-2-10(9(13)4-8(6)12)15-5-7(3-11(15)16)19(14,17)18/h2,4,7H,3,5H2,1H3,(H2,14,17,18). The van der Waals surface area contributed by atoms with Gasteiger partial charge in [0.05, 0.1) is 5.69 Å². The van der Waals surface area contributed by atoms with E-state index in [9.17, 15) is 17.6 Å². The number of hydrogen-bond acceptors (Lipinski definition) is 3. The van der Waals surface area contributed by atoms with Crippen LogP contribution in [0.4, 0.5) is 10.1 Å². The van der Waals surface area contributed by atoms with Crippen molar-refractivity contribution in [1.29, 1.82) is 0 Å². The van der Waals surface area contributed by atoms with Crippen LogP contribution in [0.5, 0.6) is 0 Å². The fourth-order valence-electron chi connectivity index (χ4n) is 1.98. The number of anilines is 1. The Bertz CT molecular complexity index is 648. The lowest BCUT2D eigenvalue weighted by molar-refractivity contribution is -0.117. The molecule has 1 saturated heterocycles. The molecule has 0 aliphatic carbocycles. The summed E-state index contributed by atoms with van der Waals surface area (Å²) in [5.74, 6) is -1.03. The summed E-state index contributed by atoms with van der Waals surface area (Å²) in [4.78, 5) is 12.9. The fraction of sp³-hybridized carbons (Fsp3) is 0.364. The predicted octanol–water partition coefficient (Wildman–Crippen LogP) is 1.29. The molecule has 2 rings (SSSR count). The van der Waals surface area contributed by atoms with Gasteiger partial charge in [-0.2, -0.15) is 0 Å². The molecule has 1 atom stereocenters. The van der Waals surface area contributed by atoms with E-state index in [1.165, 1.54) is 12.1 Å². The number of amides is 1. The molecule has 1 aromatic carbocycles. The molecule has 1 aliphatic rings. The lowest BCUT2D eigenvalue weighted by atomic mass is 10.2. The topological polar surface area (TPSA) is 80.5 Å². The van der Waals surface area contributed by atoms with E-state index in [0.717, 1.165) is 10.5 Å². The van der Waals surface area contributed by atoms with Crippen LogP contribution in [-0.2, 0) is 14.8 Å². The molecule has 1 fully saturated rings. The Kier molecular flexibility index (Phi) is 3.67. The third-order valence-corrected chi connectivity index (χ3v) is 5.17. The van der Waals surface area contributed by atoms with Crippen LogP contribution in [0.25, 0.3) is 0 Å². The fourth-order valence-corrected chi connectivity index (χ4v) is 3.02. The molecule has 0 bridgehead atoms. The van der Waals surface area contributed by atoms with E-state index in [1.807, 2.05) is 0 Å². The van der Waals surface area contributed by atoms with Crippen molar-refractivity contribution in [3.8, 4) is 0 Å². The molecule has 1 aliphatic heterocycles. The first-order chi connectivity index (χ1) is 8.70. The van der Waals surface area contributed by atoms with E-state index in [1.54, 1.807) is 6.92 Å². The number of primary sulfonamides is 1. The van der Waals surface area contributed by atoms with Gasteiger partial charge < -0.3 is 4.90 Å². The molecule has 0 radical (unpaired) electrons. The van der Waals surface area contributed by atoms with Gasteiger partial charge in [-0.25, -0.2) is 17.9 Å². The van der Waals surface area contributed by atoms with Gasteiger partial charge >= 0.3 is 0 Å². The Balaban J connectivity index is 2.39. The molecule has 0 saturated carbocycles. The number of carbonyl (C=O) groups is 1. The molecule has 5 nitrogen and oxygen atoms in total. The Labute approximate surface area is 118 Å². The minimum Gasteiger partial charge on any atom is -0.308 e. The minimum atomic E-state index is -3.80. The van der Waals surface area contributed by atoms with Gasteiger partial charge in [-0.05, 0) is 24.6 Å². The Morgan fingerprint density at radius 1 is 1.47 bits per heavy atom. The molecule has 1 aromatic rings. The average Bonchev–Trinajstić information content (AvgIpc) is 2.65. The van der Waals surface area contributed by atoms with Gasteiger partial charge in [-0.15, -0.1) is 0 Å². The maximum atomic E-state index is 13.9. The van der Waals surface area contributed by atoms with Crippen molar-refractivity contribution in [2.45, 2.75) is 18.6 Å². The largest absolute Gasteiger partial charge is 0.308 e. The summed E-state index contributed by atoms with van der Waals surface area (Å²) in [7, 11) is -3.80. The Morgan fingerprint density at radius 2 is 2.11 bits per heavy atom. The van der Waals surface area contributed by atoms with E-state index >= 15 is 0 Å². The van der Waals surface area contributed by atoms with Crippen LogP contribution >= 0.6 is 15.9 Å².